The van der Waals surface area contributed by atoms with Crippen LogP contribution in [0.4, 0.5) is 23.2 Å². The molecule has 3 nitrogen and oxygen atoms in total. The molecule has 1 aliphatic rings. The van der Waals surface area contributed by atoms with Crippen LogP contribution in [0.1, 0.15) is 27.0 Å². The van der Waals surface area contributed by atoms with E-state index in [1.54, 1.807) is 12.1 Å². The van der Waals surface area contributed by atoms with E-state index in [-0.39, 0.29) is 5.56 Å². The van der Waals surface area contributed by atoms with Gasteiger partial charge in [0, 0.05) is 24.3 Å². The van der Waals surface area contributed by atoms with E-state index in [9.17, 15) is 22.4 Å². The largest absolute Gasteiger partial charge is 0.416 e. The first-order valence-electron chi connectivity index (χ1n) is 7.72. The normalized spacial score (nSPS) is 14.9. The molecule has 0 aliphatic carbocycles. The van der Waals surface area contributed by atoms with Crippen LogP contribution >= 0.6 is 0 Å². The Labute approximate surface area is 142 Å². The fourth-order valence-electron chi connectivity index (χ4n) is 2.86. The smallest absolute Gasteiger partial charge is 0.322 e. The van der Waals surface area contributed by atoms with Gasteiger partial charge < -0.3 is 10.2 Å². The minimum Gasteiger partial charge on any atom is -0.322 e. The first-order valence-corrected chi connectivity index (χ1v) is 7.72. The number of carbonyl (C=O) groups excluding carboxylic acids is 1. The summed E-state index contributed by atoms with van der Waals surface area (Å²) in [6.45, 7) is 1.68. The van der Waals surface area contributed by atoms with Crippen molar-refractivity contribution >= 4 is 11.6 Å². The molecule has 0 spiro atoms. The van der Waals surface area contributed by atoms with E-state index in [0.717, 1.165) is 31.1 Å². The Morgan fingerprint density at radius 2 is 1.88 bits per heavy atom. The van der Waals surface area contributed by atoms with Crippen molar-refractivity contribution < 1.29 is 22.4 Å². The summed E-state index contributed by atoms with van der Waals surface area (Å²) in [6.07, 6.45) is -3.81. The topological polar surface area (TPSA) is 32.3 Å². The Hall–Kier alpha value is -2.41. The van der Waals surface area contributed by atoms with E-state index in [1.807, 2.05) is 13.1 Å². The highest BCUT2D eigenvalue weighted by Crippen LogP contribution is 2.30. The molecule has 2 aromatic carbocycles. The highest BCUT2D eigenvalue weighted by Gasteiger charge is 2.32. The van der Waals surface area contributed by atoms with E-state index in [2.05, 4.69) is 10.2 Å². The molecular weight excluding hydrogens is 336 g/mol. The monoisotopic (exact) mass is 352 g/mol. The number of likely N-dealkylation sites (N-methyl/N-ethyl adjacent to an activating group) is 1. The number of carbonyl (C=O) groups is 1. The number of amides is 1. The molecule has 1 heterocycles. The Morgan fingerprint density at radius 1 is 1.12 bits per heavy atom. The maximum Gasteiger partial charge on any atom is 0.416 e. The Bertz CT molecular complexity index is 817. The Morgan fingerprint density at radius 3 is 2.60 bits per heavy atom. The standard InChI is InChI=1S/C18H16F4N2O/c1-24-5-4-11-2-3-16(8-13(11)10-24)23-17(25)12-6-14(18(20,21)22)9-15(19)7-12/h2-3,6-9H,4-5,10H2,1H3,(H,23,25). The lowest BCUT2D eigenvalue weighted by molar-refractivity contribution is -0.137. The van der Waals surface area contributed by atoms with Gasteiger partial charge in [0.15, 0.2) is 0 Å². The minimum atomic E-state index is -4.71. The molecule has 0 fully saturated rings. The van der Waals surface area contributed by atoms with Gasteiger partial charge in [-0.3, -0.25) is 4.79 Å². The van der Waals surface area contributed by atoms with Crippen LogP contribution in [0.25, 0.3) is 0 Å². The Balaban J connectivity index is 1.83. The zero-order valence-electron chi connectivity index (χ0n) is 13.5. The second kappa shape index (κ2) is 6.48. The number of anilines is 1. The van der Waals surface area contributed by atoms with Crippen molar-refractivity contribution in [2.45, 2.75) is 19.1 Å². The van der Waals surface area contributed by atoms with Crippen LogP contribution in [0.2, 0.25) is 0 Å². The summed E-state index contributed by atoms with van der Waals surface area (Å²) >= 11 is 0. The first kappa shape index (κ1) is 17.4. The number of hydrogen-bond donors (Lipinski definition) is 1. The lowest BCUT2D eigenvalue weighted by atomic mass is 9.99. The van der Waals surface area contributed by atoms with E-state index < -0.39 is 23.5 Å². The van der Waals surface area contributed by atoms with Gasteiger partial charge in [-0.15, -0.1) is 0 Å². The van der Waals surface area contributed by atoms with Crippen molar-refractivity contribution in [2.24, 2.45) is 0 Å². The molecular formula is C18H16F4N2O. The number of hydrogen-bond acceptors (Lipinski definition) is 2. The van der Waals surface area contributed by atoms with Crippen molar-refractivity contribution in [3.8, 4) is 0 Å². The summed E-state index contributed by atoms with van der Waals surface area (Å²) in [5.41, 5.74) is 1.15. The average Bonchev–Trinajstić information content (AvgIpc) is 2.53. The highest BCUT2D eigenvalue weighted by atomic mass is 19.4. The van der Waals surface area contributed by atoms with Gasteiger partial charge in [0.1, 0.15) is 5.82 Å². The van der Waals surface area contributed by atoms with Crippen LogP contribution in [-0.2, 0) is 19.1 Å². The predicted octanol–water partition coefficient (Wildman–Crippen LogP) is 4.08. The zero-order valence-corrected chi connectivity index (χ0v) is 13.5. The summed E-state index contributed by atoms with van der Waals surface area (Å²) in [5, 5.41) is 2.54. The quantitative estimate of drug-likeness (QED) is 0.826. The maximum atomic E-state index is 13.4. The number of rotatable bonds is 2. The molecule has 0 bridgehead atoms. The van der Waals surface area contributed by atoms with Crippen LogP contribution in [0.3, 0.4) is 0 Å². The number of nitrogens with zero attached hydrogens (tertiary/aromatic N) is 1. The minimum absolute atomic E-state index is 0.367. The van der Waals surface area contributed by atoms with Crippen molar-refractivity contribution in [2.75, 3.05) is 18.9 Å². The third-order valence-electron chi connectivity index (χ3n) is 4.15. The van der Waals surface area contributed by atoms with Crippen LogP contribution in [0, 0.1) is 5.82 Å². The number of nitrogens with one attached hydrogen (secondary N) is 1. The number of halogens is 4. The molecule has 0 saturated carbocycles. The van der Waals surface area contributed by atoms with Gasteiger partial charge in [-0.2, -0.15) is 13.2 Å². The fraction of sp³-hybridized carbons (Fsp3) is 0.278. The summed E-state index contributed by atoms with van der Waals surface area (Å²) in [7, 11) is 1.99. The molecule has 3 rings (SSSR count). The lowest BCUT2D eigenvalue weighted by Crippen LogP contribution is -2.26. The predicted molar refractivity (Wildman–Crippen MR) is 85.8 cm³/mol. The second-order valence-corrected chi connectivity index (χ2v) is 6.15. The third kappa shape index (κ3) is 3.99. The number of alkyl halides is 3. The summed E-state index contributed by atoms with van der Waals surface area (Å²) in [4.78, 5) is 14.4. The third-order valence-corrected chi connectivity index (χ3v) is 4.15. The van der Waals surface area contributed by atoms with Crippen LogP contribution in [-0.4, -0.2) is 24.4 Å². The van der Waals surface area contributed by atoms with Gasteiger partial charge in [0.25, 0.3) is 5.91 Å². The summed E-state index contributed by atoms with van der Waals surface area (Å²) in [5.74, 6) is -1.89. The van der Waals surface area contributed by atoms with Gasteiger partial charge in [-0.1, -0.05) is 6.07 Å². The molecule has 2 aromatic rings. The lowest BCUT2D eigenvalue weighted by Gasteiger charge is -2.25. The zero-order chi connectivity index (χ0) is 18.2. The second-order valence-electron chi connectivity index (χ2n) is 6.15. The molecule has 0 atom stereocenters. The molecule has 0 aromatic heterocycles. The molecule has 25 heavy (non-hydrogen) atoms. The number of fused-ring (bicyclic) bond motifs is 1. The molecule has 1 N–H and O–H groups in total. The van der Waals surface area contributed by atoms with E-state index in [4.69, 9.17) is 0 Å². The van der Waals surface area contributed by atoms with Crippen molar-refractivity contribution in [1.82, 2.24) is 4.90 Å². The van der Waals surface area contributed by atoms with Gasteiger partial charge in [-0.05, 0) is 54.9 Å². The van der Waals surface area contributed by atoms with Crippen LogP contribution in [0.15, 0.2) is 36.4 Å². The van der Waals surface area contributed by atoms with E-state index in [1.165, 1.54) is 5.56 Å². The fourth-order valence-corrected chi connectivity index (χ4v) is 2.86. The first-order chi connectivity index (χ1) is 11.7. The molecule has 0 saturated heterocycles. The molecule has 0 radical (unpaired) electrons. The molecule has 0 unspecified atom stereocenters. The van der Waals surface area contributed by atoms with Crippen molar-refractivity contribution in [3.63, 3.8) is 0 Å². The molecule has 132 valence electrons. The highest BCUT2D eigenvalue weighted by molar-refractivity contribution is 6.04. The molecule has 7 heteroatoms. The average molecular weight is 352 g/mol. The van der Waals surface area contributed by atoms with Crippen LogP contribution < -0.4 is 5.32 Å². The maximum absolute atomic E-state index is 13.4. The van der Waals surface area contributed by atoms with Gasteiger partial charge in [0.05, 0.1) is 5.56 Å². The number of benzene rings is 2. The van der Waals surface area contributed by atoms with Crippen molar-refractivity contribution in [1.29, 1.82) is 0 Å². The van der Waals surface area contributed by atoms with E-state index in [0.29, 0.717) is 17.8 Å². The molecule has 1 aliphatic heterocycles. The summed E-state index contributed by atoms with van der Waals surface area (Å²) < 4.78 is 51.7. The van der Waals surface area contributed by atoms with Gasteiger partial charge >= 0.3 is 6.18 Å². The summed E-state index contributed by atoms with van der Waals surface area (Å²) in [6, 6.07) is 7.19. The Kier molecular flexibility index (Phi) is 4.51. The van der Waals surface area contributed by atoms with Gasteiger partial charge in [0.2, 0.25) is 0 Å². The SMILES string of the molecule is CN1CCc2ccc(NC(=O)c3cc(F)cc(C(F)(F)F)c3)cc2C1. The molecule has 1 amide bonds. The van der Waals surface area contributed by atoms with Gasteiger partial charge in [-0.25, -0.2) is 4.39 Å². The van der Waals surface area contributed by atoms with E-state index >= 15 is 0 Å². The van der Waals surface area contributed by atoms with Crippen molar-refractivity contribution in [3.05, 3.63) is 64.5 Å². The van der Waals surface area contributed by atoms with Crippen LogP contribution in [0.5, 0.6) is 0 Å².